The molecule has 2 aromatic carbocycles. The van der Waals surface area contributed by atoms with Crippen molar-refractivity contribution in [3.8, 4) is 0 Å². The second-order valence-corrected chi connectivity index (χ2v) is 15.8. The number of hydrogen-bond donors (Lipinski definition) is 1. The Morgan fingerprint density at radius 2 is 0.982 bits per heavy atom. The Bertz CT molecular complexity index is 1810. The van der Waals surface area contributed by atoms with Gasteiger partial charge in [-0.1, -0.05) is 36.4 Å². The average molecular weight is 801 g/mol. The third kappa shape index (κ3) is 12.1. The lowest BCUT2D eigenvalue weighted by molar-refractivity contribution is 0.122. The molecular weight excluding hydrogens is 741 g/mol. The number of para-hydroxylation sites is 2. The first-order valence-electron chi connectivity index (χ1n) is 19.9. The van der Waals surface area contributed by atoms with Crippen LogP contribution in [0.2, 0.25) is 0 Å². The maximum absolute atomic E-state index is 11.6. The zero-order chi connectivity index (χ0) is 40.0. The van der Waals surface area contributed by atoms with E-state index in [0.717, 1.165) is 121 Å². The van der Waals surface area contributed by atoms with E-state index in [1.54, 1.807) is 6.26 Å². The molecule has 0 spiro atoms. The Balaban J connectivity index is 0.000000157. The molecule has 0 bridgehead atoms. The van der Waals surface area contributed by atoms with Crippen LogP contribution in [0.25, 0.3) is 0 Å². The summed E-state index contributed by atoms with van der Waals surface area (Å²) in [6.07, 6.45) is 1.60. The second kappa shape index (κ2) is 21.1. The fraction of sp³-hybridized carbons (Fsp3) is 0.512. The number of piperazine rings is 2. The van der Waals surface area contributed by atoms with Crippen molar-refractivity contribution >= 4 is 51.4 Å². The van der Waals surface area contributed by atoms with Crippen molar-refractivity contribution < 1.29 is 13.7 Å². The molecule has 6 heterocycles. The Hall–Kier alpha value is -4.77. The van der Waals surface area contributed by atoms with Crippen molar-refractivity contribution in [2.45, 2.75) is 5.16 Å². The maximum atomic E-state index is 11.6. The monoisotopic (exact) mass is 800 g/mol. The minimum atomic E-state index is -1.18. The van der Waals surface area contributed by atoms with Crippen molar-refractivity contribution in [2.75, 3.05) is 174 Å². The van der Waals surface area contributed by atoms with Gasteiger partial charge in [0.25, 0.3) is 0 Å². The summed E-state index contributed by atoms with van der Waals surface area (Å²) in [6.45, 7) is 14.6. The van der Waals surface area contributed by atoms with E-state index in [1.807, 2.05) is 39.2 Å². The van der Waals surface area contributed by atoms with E-state index in [4.69, 9.17) is 19.4 Å². The molecule has 2 aromatic heterocycles. The van der Waals surface area contributed by atoms with Crippen LogP contribution in [-0.4, -0.2) is 164 Å². The predicted molar refractivity (Wildman–Crippen MR) is 234 cm³/mol. The molecule has 8 rings (SSSR count). The number of nitrogens with one attached hydrogen (secondary N) is 1. The number of anilines is 7. The summed E-state index contributed by atoms with van der Waals surface area (Å²) < 4.78 is 22.4. The van der Waals surface area contributed by atoms with Gasteiger partial charge in [0.05, 0.1) is 37.2 Å². The summed E-state index contributed by atoms with van der Waals surface area (Å²) in [7, 11) is 6.70. The molecule has 1 N–H and O–H groups in total. The topological polar surface area (TPSA) is 122 Å². The Kier molecular flexibility index (Phi) is 15.5. The van der Waals surface area contributed by atoms with Crippen molar-refractivity contribution in [1.29, 1.82) is 0 Å². The molecule has 4 aliphatic heterocycles. The lowest BCUT2D eigenvalue weighted by atomic mass is 10.2. The second-order valence-electron chi connectivity index (χ2n) is 14.6. The fourth-order valence-corrected chi connectivity index (χ4v) is 7.26. The Morgan fingerprint density at radius 3 is 1.46 bits per heavy atom. The van der Waals surface area contributed by atoms with Crippen LogP contribution in [-0.2, 0) is 20.3 Å². The van der Waals surface area contributed by atoms with Crippen LogP contribution in [0.1, 0.15) is 0 Å². The first kappa shape index (κ1) is 41.9. The van der Waals surface area contributed by atoms with Crippen LogP contribution >= 0.6 is 0 Å². The first-order chi connectivity index (χ1) is 27.7. The molecule has 15 nitrogen and oxygen atoms in total. The third-order valence-electron chi connectivity index (χ3n) is 10.1. The normalized spacial score (nSPS) is 17.8. The standard InChI is InChI=1S/C20H28N6O.C11H18N4O2S.C10H14N2/c1-23(2)18-16-19(25-12-14-27-15-13-25)22-20(21-18)26-10-8-24(9-11-26)17-6-4-3-5-7-17;1-14(2)9-8-10(13-11(12-9)18(3)16)15-4-6-17-7-5-15;1-2-4-10(5-3-1)12-8-6-11-7-9-12/h3-7,16H,8-15H2,1-2H3;8H,4-7H2,1-3H3;1-5,11H,6-9H2. The van der Waals surface area contributed by atoms with Gasteiger partial charge in [0.1, 0.15) is 23.3 Å². The zero-order valence-electron chi connectivity index (χ0n) is 34.3. The minimum absolute atomic E-state index is 0.377. The molecule has 4 aromatic rings. The first-order valence-corrected chi connectivity index (χ1v) is 21.5. The zero-order valence-corrected chi connectivity index (χ0v) is 35.1. The highest BCUT2D eigenvalue weighted by atomic mass is 32.2. The lowest BCUT2D eigenvalue weighted by Crippen LogP contribution is -2.47. The van der Waals surface area contributed by atoms with Crippen LogP contribution in [0.3, 0.4) is 0 Å². The highest BCUT2D eigenvalue weighted by molar-refractivity contribution is 7.84. The lowest BCUT2D eigenvalue weighted by Gasteiger charge is -2.37. The molecule has 4 aliphatic rings. The number of morpholine rings is 2. The third-order valence-corrected chi connectivity index (χ3v) is 10.8. The van der Waals surface area contributed by atoms with Crippen molar-refractivity contribution in [3.63, 3.8) is 0 Å². The molecular formula is C41H60N12O3S. The van der Waals surface area contributed by atoms with Crippen LogP contribution < -0.4 is 39.6 Å². The molecule has 1 atom stereocenters. The summed E-state index contributed by atoms with van der Waals surface area (Å²) in [6, 6.07) is 25.2. The van der Waals surface area contributed by atoms with Gasteiger partial charge in [-0.3, -0.25) is 4.21 Å². The number of nitrogens with zero attached hydrogens (tertiary/aromatic N) is 11. The summed E-state index contributed by atoms with van der Waals surface area (Å²) in [5, 5.41) is 3.72. The Morgan fingerprint density at radius 1 is 0.544 bits per heavy atom. The van der Waals surface area contributed by atoms with Crippen molar-refractivity contribution in [1.82, 2.24) is 25.3 Å². The summed E-state index contributed by atoms with van der Waals surface area (Å²) in [5.74, 6) is 4.37. The molecule has 308 valence electrons. The average Bonchev–Trinajstić information content (AvgIpc) is 3.28. The van der Waals surface area contributed by atoms with Crippen molar-refractivity contribution in [2.24, 2.45) is 0 Å². The van der Waals surface area contributed by atoms with Gasteiger partial charge in [0.2, 0.25) is 11.1 Å². The van der Waals surface area contributed by atoms with E-state index in [-0.39, 0.29) is 0 Å². The van der Waals surface area contributed by atoms with Gasteiger partial charge in [-0.2, -0.15) is 9.97 Å². The number of rotatable bonds is 8. The van der Waals surface area contributed by atoms with Crippen molar-refractivity contribution in [3.05, 3.63) is 72.8 Å². The van der Waals surface area contributed by atoms with E-state index >= 15 is 0 Å². The largest absolute Gasteiger partial charge is 0.378 e. The molecule has 57 heavy (non-hydrogen) atoms. The van der Waals surface area contributed by atoms with Crippen LogP contribution in [0.5, 0.6) is 0 Å². The molecule has 16 heteroatoms. The van der Waals surface area contributed by atoms with Crippen LogP contribution in [0.4, 0.5) is 40.6 Å². The maximum Gasteiger partial charge on any atom is 0.229 e. The fourth-order valence-electron chi connectivity index (χ4n) is 6.81. The van der Waals surface area contributed by atoms with Gasteiger partial charge in [-0.15, -0.1) is 0 Å². The molecule has 1 unspecified atom stereocenters. The summed E-state index contributed by atoms with van der Waals surface area (Å²) >= 11 is 0. The van der Waals surface area contributed by atoms with Gasteiger partial charge in [0, 0.05) is 136 Å². The summed E-state index contributed by atoms with van der Waals surface area (Å²) in [5.41, 5.74) is 2.63. The number of ether oxygens (including phenoxy) is 2. The quantitative estimate of drug-likeness (QED) is 0.263. The molecule has 0 amide bonds. The molecule has 0 aliphatic carbocycles. The van der Waals surface area contributed by atoms with E-state index in [1.165, 1.54) is 11.4 Å². The smallest absolute Gasteiger partial charge is 0.229 e. The van der Waals surface area contributed by atoms with Gasteiger partial charge in [-0.25, -0.2) is 9.97 Å². The number of hydrogen-bond acceptors (Lipinski definition) is 15. The van der Waals surface area contributed by atoms with E-state index in [2.05, 4.69) is 111 Å². The van der Waals surface area contributed by atoms with Crippen LogP contribution in [0, 0.1) is 0 Å². The minimum Gasteiger partial charge on any atom is -0.378 e. The number of aromatic nitrogens is 4. The summed E-state index contributed by atoms with van der Waals surface area (Å²) in [4.78, 5) is 33.9. The van der Waals surface area contributed by atoms with Gasteiger partial charge in [0.15, 0.2) is 0 Å². The van der Waals surface area contributed by atoms with E-state index in [9.17, 15) is 4.21 Å². The molecule has 4 saturated heterocycles. The van der Waals surface area contributed by atoms with Gasteiger partial charge >= 0.3 is 0 Å². The molecule has 0 saturated carbocycles. The SMILES string of the molecule is CN(C)c1cc(N2CCOCC2)nc(N2CCN(c3ccccc3)CC2)n1.CN(C)c1cc(N2CCOCC2)nc(S(C)=O)n1.c1ccc(N2CCNCC2)cc1. The van der Waals surface area contributed by atoms with E-state index < -0.39 is 10.8 Å². The molecule has 4 fully saturated rings. The van der Waals surface area contributed by atoms with Gasteiger partial charge in [-0.05, 0) is 24.3 Å². The molecule has 0 radical (unpaired) electrons. The van der Waals surface area contributed by atoms with Gasteiger partial charge < -0.3 is 49.1 Å². The highest BCUT2D eigenvalue weighted by Crippen LogP contribution is 2.25. The highest BCUT2D eigenvalue weighted by Gasteiger charge is 2.23. The Labute approximate surface area is 341 Å². The van der Waals surface area contributed by atoms with Crippen LogP contribution in [0.15, 0.2) is 78.0 Å². The predicted octanol–water partition coefficient (Wildman–Crippen LogP) is 2.92. The number of benzene rings is 2. The van der Waals surface area contributed by atoms with E-state index in [0.29, 0.717) is 18.4 Å².